The highest BCUT2D eigenvalue weighted by Crippen LogP contribution is 2.26. The molecular formula is C19H27N5OS. The molecule has 26 heavy (non-hydrogen) atoms. The van der Waals surface area contributed by atoms with Gasteiger partial charge in [-0.2, -0.15) is 0 Å². The van der Waals surface area contributed by atoms with E-state index in [0.29, 0.717) is 11.8 Å². The van der Waals surface area contributed by atoms with Gasteiger partial charge in [-0.1, -0.05) is 36.7 Å². The lowest BCUT2D eigenvalue weighted by Gasteiger charge is -2.14. The van der Waals surface area contributed by atoms with Gasteiger partial charge < -0.3 is 14.8 Å². The molecule has 6 nitrogen and oxygen atoms in total. The van der Waals surface area contributed by atoms with E-state index in [1.807, 2.05) is 26.2 Å². The SMILES string of the molecule is CCn1c(SCC(=O)NC2CCCC2)nnc1-c1cccc(N(C)C)c1. The molecule has 0 aliphatic heterocycles. The van der Waals surface area contributed by atoms with E-state index in [0.717, 1.165) is 41.6 Å². The second-order valence-corrected chi connectivity index (χ2v) is 7.78. The van der Waals surface area contributed by atoms with E-state index >= 15 is 0 Å². The zero-order chi connectivity index (χ0) is 18.5. The summed E-state index contributed by atoms with van der Waals surface area (Å²) in [6.45, 7) is 2.84. The van der Waals surface area contributed by atoms with E-state index < -0.39 is 0 Å². The summed E-state index contributed by atoms with van der Waals surface area (Å²) in [6, 6.07) is 8.61. The Labute approximate surface area is 159 Å². The van der Waals surface area contributed by atoms with E-state index in [2.05, 4.69) is 44.0 Å². The molecule has 1 aliphatic rings. The molecule has 1 saturated carbocycles. The first-order valence-corrected chi connectivity index (χ1v) is 10.2. The molecule has 1 aliphatic carbocycles. The summed E-state index contributed by atoms with van der Waals surface area (Å²) in [6.07, 6.45) is 4.65. The van der Waals surface area contributed by atoms with E-state index in [1.165, 1.54) is 24.6 Å². The highest BCUT2D eigenvalue weighted by Gasteiger charge is 2.19. The monoisotopic (exact) mass is 373 g/mol. The molecule has 0 unspecified atom stereocenters. The van der Waals surface area contributed by atoms with Crippen molar-refractivity contribution in [2.45, 2.75) is 50.4 Å². The van der Waals surface area contributed by atoms with Crippen LogP contribution in [-0.4, -0.2) is 46.6 Å². The zero-order valence-electron chi connectivity index (χ0n) is 15.7. The fraction of sp³-hybridized carbons (Fsp3) is 0.526. The maximum atomic E-state index is 12.2. The van der Waals surface area contributed by atoms with Crippen molar-refractivity contribution in [2.24, 2.45) is 0 Å². The summed E-state index contributed by atoms with van der Waals surface area (Å²) in [7, 11) is 4.04. The third-order valence-electron chi connectivity index (χ3n) is 4.71. The molecule has 1 aromatic carbocycles. The van der Waals surface area contributed by atoms with Crippen LogP contribution in [0.15, 0.2) is 29.4 Å². The average Bonchev–Trinajstić information content (AvgIpc) is 3.29. The van der Waals surface area contributed by atoms with Gasteiger partial charge in [-0.3, -0.25) is 4.79 Å². The summed E-state index contributed by atoms with van der Waals surface area (Å²) in [5.74, 6) is 1.31. The van der Waals surface area contributed by atoms with Crippen LogP contribution in [0.5, 0.6) is 0 Å². The molecule has 1 aromatic heterocycles. The standard InChI is InChI=1S/C19H27N5OS/c1-4-24-18(14-8-7-11-16(12-14)23(2)3)21-22-19(24)26-13-17(25)20-15-9-5-6-10-15/h7-8,11-12,15H,4-6,9-10,13H2,1-3H3,(H,20,25). The van der Waals surface area contributed by atoms with Gasteiger partial charge >= 0.3 is 0 Å². The third-order valence-corrected chi connectivity index (χ3v) is 5.67. The number of nitrogens with zero attached hydrogens (tertiary/aromatic N) is 4. The second-order valence-electron chi connectivity index (χ2n) is 6.83. The molecule has 0 bridgehead atoms. The van der Waals surface area contributed by atoms with Crippen LogP contribution in [0.25, 0.3) is 11.4 Å². The van der Waals surface area contributed by atoms with Crippen LogP contribution in [0, 0.1) is 0 Å². The minimum absolute atomic E-state index is 0.0868. The van der Waals surface area contributed by atoms with Gasteiger partial charge in [-0.05, 0) is 31.9 Å². The predicted octanol–water partition coefficient (Wildman–Crippen LogP) is 3.18. The van der Waals surface area contributed by atoms with Crippen molar-refractivity contribution in [3.63, 3.8) is 0 Å². The third kappa shape index (κ3) is 4.38. The molecule has 1 fully saturated rings. The molecule has 2 aromatic rings. The van der Waals surface area contributed by atoms with Gasteiger partial charge in [0.15, 0.2) is 11.0 Å². The fourth-order valence-corrected chi connectivity index (χ4v) is 4.10. The first kappa shape index (κ1) is 18.8. The van der Waals surface area contributed by atoms with Crippen molar-refractivity contribution in [3.05, 3.63) is 24.3 Å². The minimum atomic E-state index is 0.0868. The van der Waals surface area contributed by atoms with E-state index in [-0.39, 0.29) is 5.91 Å². The summed E-state index contributed by atoms with van der Waals surface area (Å²) < 4.78 is 2.07. The topological polar surface area (TPSA) is 63.1 Å². The normalized spacial score (nSPS) is 14.6. The maximum absolute atomic E-state index is 12.2. The van der Waals surface area contributed by atoms with Crippen LogP contribution < -0.4 is 10.2 Å². The number of aromatic nitrogens is 3. The Hall–Kier alpha value is -2.02. The van der Waals surface area contributed by atoms with Gasteiger partial charge in [0.2, 0.25) is 5.91 Å². The Kier molecular flexibility index (Phi) is 6.19. The first-order chi connectivity index (χ1) is 12.6. The van der Waals surface area contributed by atoms with Gasteiger partial charge in [0.1, 0.15) is 0 Å². The molecule has 0 atom stereocenters. The summed E-state index contributed by atoms with van der Waals surface area (Å²) in [5, 5.41) is 12.6. The van der Waals surface area contributed by atoms with Crippen molar-refractivity contribution < 1.29 is 4.79 Å². The molecule has 7 heteroatoms. The number of carbonyl (C=O) groups excluding carboxylic acids is 1. The molecule has 3 rings (SSSR count). The zero-order valence-corrected chi connectivity index (χ0v) is 16.6. The van der Waals surface area contributed by atoms with Crippen molar-refractivity contribution in [3.8, 4) is 11.4 Å². The number of hydrogen-bond donors (Lipinski definition) is 1. The number of rotatable bonds is 7. The summed E-state index contributed by atoms with van der Waals surface area (Å²) >= 11 is 1.46. The number of anilines is 1. The van der Waals surface area contributed by atoms with Crippen LogP contribution in [0.1, 0.15) is 32.6 Å². The van der Waals surface area contributed by atoms with Crippen LogP contribution in [0.3, 0.4) is 0 Å². The van der Waals surface area contributed by atoms with Gasteiger partial charge in [0.05, 0.1) is 5.75 Å². The lowest BCUT2D eigenvalue weighted by Crippen LogP contribution is -2.33. The lowest BCUT2D eigenvalue weighted by atomic mass is 10.2. The van der Waals surface area contributed by atoms with Crippen LogP contribution in [0.2, 0.25) is 0 Å². The van der Waals surface area contributed by atoms with E-state index in [4.69, 9.17) is 0 Å². The number of hydrogen-bond acceptors (Lipinski definition) is 5. The molecule has 1 N–H and O–H groups in total. The number of nitrogens with one attached hydrogen (secondary N) is 1. The maximum Gasteiger partial charge on any atom is 0.230 e. The molecule has 0 saturated heterocycles. The minimum Gasteiger partial charge on any atom is -0.378 e. The van der Waals surface area contributed by atoms with Gasteiger partial charge in [0, 0.05) is 37.9 Å². The number of carbonyl (C=O) groups is 1. The number of thioether (sulfide) groups is 1. The van der Waals surface area contributed by atoms with Gasteiger partial charge in [-0.15, -0.1) is 10.2 Å². The molecule has 140 valence electrons. The van der Waals surface area contributed by atoms with Crippen molar-refractivity contribution in [1.82, 2.24) is 20.1 Å². The smallest absolute Gasteiger partial charge is 0.230 e. The van der Waals surface area contributed by atoms with Crippen molar-refractivity contribution >= 4 is 23.4 Å². The Bertz CT molecular complexity index is 752. The highest BCUT2D eigenvalue weighted by atomic mass is 32.2. The number of benzene rings is 1. The molecule has 1 heterocycles. The molecule has 1 amide bonds. The average molecular weight is 374 g/mol. The van der Waals surface area contributed by atoms with E-state index in [9.17, 15) is 4.79 Å². The van der Waals surface area contributed by atoms with Crippen LogP contribution in [0.4, 0.5) is 5.69 Å². The molecular weight excluding hydrogens is 346 g/mol. The van der Waals surface area contributed by atoms with Crippen molar-refractivity contribution in [1.29, 1.82) is 0 Å². The lowest BCUT2D eigenvalue weighted by molar-refractivity contribution is -0.119. The van der Waals surface area contributed by atoms with Gasteiger partial charge in [-0.25, -0.2) is 0 Å². The first-order valence-electron chi connectivity index (χ1n) is 9.21. The Morgan fingerprint density at radius 1 is 1.31 bits per heavy atom. The highest BCUT2D eigenvalue weighted by molar-refractivity contribution is 7.99. The Morgan fingerprint density at radius 2 is 2.08 bits per heavy atom. The van der Waals surface area contributed by atoms with E-state index in [1.54, 1.807) is 0 Å². The fourth-order valence-electron chi connectivity index (χ4n) is 3.29. The quantitative estimate of drug-likeness (QED) is 0.755. The summed E-state index contributed by atoms with van der Waals surface area (Å²) in [5.41, 5.74) is 2.16. The number of amides is 1. The van der Waals surface area contributed by atoms with Crippen LogP contribution >= 0.6 is 11.8 Å². The largest absolute Gasteiger partial charge is 0.378 e. The predicted molar refractivity (Wildman–Crippen MR) is 107 cm³/mol. The summed E-state index contributed by atoms with van der Waals surface area (Å²) in [4.78, 5) is 14.2. The second kappa shape index (κ2) is 8.58. The Balaban J connectivity index is 1.69. The molecule has 0 spiro atoms. The van der Waals surface area contributed by atoms with Crippen molar-refractivity contribution in [2.75, 3.05) is 24.7 Å². The van der Waals surface area contributed by atoms with Gasteiger partial charge in [0.25, 0.3) is 0 Å². The van der Waals surface area contributed by atoms with Crippen LogP contribution in [-0.2, 0) is 11.3 Å². The molecule has 0 radical (unpaired) electrons. The Morgan fingerprint density at radius 3 is 2.77 bits per heavy atom.